The van der Waals surface area contributed by atoms with Gasteiger partial charge in [-0.1, -0.05) is 116 Å². The number of para-hydroxylation sites is 1. The second-order valence-corrected chi connectivity index (χ2v) is 11.6. The van der Waals surface area contributed by atoms with Gasteiger partial charge in [0.05, 0.1) is 0 Å². The fourth-order valence-electron chi connectivity index (χ4n) is 5.66. The Balaban J connectivity index is 1.49. The maximum atomic E-state index is 6.70. The summed E-state index contributed by atoms with van der Waals surface area (Å²) in [6.07, 6.45) is 0.832. The first kappa shape index (κ1) is 28.1. The summed E-state index contributed by atoms with van der Waals surface area (Å²) in [5.74, 6) is 0.410. The van der Waals surface area contributed by atoms with Crippen molar-refractivity contribution in [1.29, 1.82) is 0 Å². The van der Waals surface area contributed by atoms with Gasteiger partial charge in [0.2, 0.25) is 0 Å². The molecule has 43 heavy (non-hydrogen) atoms. The number of aryl methyl sites for hydroxylation is 1. The van der Waals surface area contributed by atoms with Crippen molar-refractivity contribution in [2.75, 3.05) is 10.6 Å². The Labute approximate surface area is 256 Å². The van der Waals surface area contributed by atoms with Gasteiger partial charge < -0.3 is 10.6 Å². The predicted octanol–water partition coefficient (Wildman–Crippen LogP) is 11.1. The SMILES string of the molecule is Cc1ccc(-c2ccc(N(c3ccccc3)c3ccc(Cc4ccccc4)c(-c4cc(C(C)C)ccc4N)c3)cc2)cc1. The van der Waals surface area contributed by atoms with Gasteiger partial charge in [0.25, 0.3) is 0 Å². The first-order chi connectivity index (χ1) is 21.0. The van der Waals surface area contributed by atoms with Crippen LogP contribution in [-0.2, 0) is 6.42 Å². The van der Waals surface area contributed by atoms with Crippen LogP contribution in [-0.4, -0.2) is 0 Å². The van der Waals surface area contributed by atoms with E-state index >= 15 is 0 Å². The number of anilines is 4. The van der Waals surface area contributed by atoms with Crippen LogP contribution in [0.15, 0.2) is 146 Å². The third-order valence-electron chi connectivity index (χ3n) is 8.15. The largest absolute Gasteiger partial charge is 0.398 e. The lowest BCUT2D eigenvalue weighted by molar-refractivity contribution is 0.867. The van der Waals surface area contributed by atoms with E-state index in [0.29, 0.717) is 5.92 Å². The molecule has 0 aliphatic carbocycles. The standard InChI is InChI=1S/C41H38N2/c1-29(2)34-21-25-41(42)40(27-34)39-28-38(24-20-35(39)26-31-10-6-4-7-11-31)43(36-12-8-5-9-13-36)37-22-18-33(19-23-37)32-16-14-30(3)15-17-32/h4-25,27-29H,26,42H2,1-3H3. The number of nitrogens with two attached hydrogens (primary N) is 1. The summed E-state index contributed by atoms with van der Waals surface area (Å²) in [4.78, 5) is 2.33. The fraction of sp³-hybridized carbons (Fsp3) is 0.122. The van der Waals surface area contributed by atoms with Crippen molar-refractivity contribution in [1.82, 2.24) is 0 Å². The molecule has 0 radical (unpaired) electrons. The molecule has 6 aromatic carbocycles. The summed E-state index contributed by atoms with van der Waals surface area (Å²) in [5, 5.41) is 0. The first-order valence-corrected chi connectivity index (χ1v) is 15.1. The molecule has 0 bridgehead atoms. The van der Waals surface area contributed by atoms with Gasteiger partial charge in [-0.05, 0) is 101 Å². The summed E-state index contributed by atoms with van der Waals surface area (Å²) in [6, 6.07) is 52.1. The molecule has 0 aliphatic heterocycles. The zero-order valence-electron chi connectivity index (χ0n) is 25.2. The lowest BCUT2D eigenvalue weighted by Crippen LogP contribution is -2.10. The minimum atomic E-state index is 0.410. The molecule has 2 N–H and O–H groups in total. The molecule has 2 nitrogen and oxygen atoms in total. The topological polar surface area (TPSA) is 29.3 Å². The Morgan fingerprint density at radius 3 is 1.79 bits per heavy atom. The van der Waals surface area contributed by atoms with E-state index in [4.69, 9.17) is 5.73 Å². The van der Waals surface area contributed by atoms with Gasteiger partial charge in [-0.25, -0.2) is 0 Å². The van der Waals surface area contributed by atoms with Gasteiger partial charge in [-0.2, -0.15) is 0 Å². The van der Waals surface area contributed by atoms with Crippen molar-refractivity contribution in [3.63, 3.8) is 0 Å². The third-order valence-corrected chi connectivity index (χ3v) is 8.15. The van der Waals surface area contributed by atoms with E-state index in [1.165, 1.54) is 38.9 Å². The van der Waals surface area contributed by atoms with Crippen LogP contribution in [0, 0.1) is 6.92 Å². The highest BCUT2D eigenvalue weighted by atomic mass is 15.1. The van der Waals surface area contributed by atoms with Gasteiger partial charge in [0.1, 0.15) is 0 Å². The smallest absolute Gasteiger partial charge is 0.0468 e. The van der Waals surface area contributed by atoms with Crippen molar-refractivity contribution < 1.29 is 0 Å². The molecule has 0 unspecified atom stereocenters. The normalized spacial score (nSPS) is 11.1. The highest BCUT2D eigenvalue weighted by Crippen LogP contribution is 2.40. The number of benzene rings is 6. The molecule has 0 fully saturated rings. The second kappa shape index (κ2) is 12.4. The van der Waals surface area contributed by atoms with Gasteiger partial charge in [-0.15, -0.1) is 0 Å². The molecule has 2 heteroatoms. The molecule has 0 atom stereocenters. The second-order valence-electron chi connectivity index (χ2n) is 11.6. The third kappa shape index (κ3) is 6.24. The molecular weight excluding hydrogens is 520 g/mol. The Morgan fingerprint density at radius 2 is 1.14 bits per heavy atom. The maximum absolute atomic E-state index is 6.70. The highest BCUT2D eigenvalue weighted by molar-refractivity contribution is 5.85. The fourth-order valence-corrected chi connectivity index (χ4v) is 5.66. The van der Waals surface area contributed by atoms with Gasteiger partial charge in [0, 0.05) is 28.3 Å². The van der Waals surface area contributed by atoms with E-state index in [-0.39, 0.29) is 0 Å². The number of hydrogen-bond donors (Lipinski definition) is 1. The molecule has 6 rings (SSSR count). The lowest BCUT2D eigenvalue weighted by atomic mass is 9.90. The van der Waals surface area contributed by atoms with Crippen LogP contribution in [0.1, 0.15) is 42.0 Å². The average molecular weight is 559 g/mol. The van der Waals surface area contributed by atoms with Gasteiger partial charge in [-0.3, -0.25) is 0 Å². The first-order valence-electron chi connectivity index (χ1n) is 15.1. The molecule has 0 amide bonds. The minimum Gasteiger partial charge on any atom is -0.398 e. The number of rotatable bonds is 8. The monoisotopic (exact) mass is 558 g/mol. The van der Waals surface area contributed by atoms with Gasteiger partial charge >= 0.3 is 0 Å². The molecule has 0 saturated heterocycles. The molecule has 0 aromatic heterocycles. The summed E-state index contributed by atoms with van der Waals surface area (Å²) >= 11 is 0. The molecule has 0 heterocycles. The molecule has 0 spiro atoms. The molecular formula is C41H38N2. The summed E-state index contributed by atoms with van der Waals surface area (Å²) in [7, 11) is 0. The Bertz CT molecular complexity index is 1800. The van der Waals surface area contributed by atoms with Crippen LogP contribution in [0.25, 0.3) is 22.3 Å². The van der Waals surface area contributed by atoms with E-state index in [9.17, 15) is 0 Å². The molecule has 6 aromatic rings. The molecule has 0 saturated carbocycles. The van der Waals surface area contributed by atoms with E-state index in [1.807, 2.05) is 0 Å². The highest BCUT2D eigenvalue weighted by Gasteiger charge is 2.17. The zero-order chi connectivity index (χ0) is 29.8. The van der Waals surface area contributed by atoms with E-state index in [2.05, 4.69) is 171 Å². The molecule has 0 aliphatic rings. The van der Waals surface area contributed by atoms with Crippen LogP contribution in [0.2, 0.25) is 0 Å². The van der Waals surface area contributed by atoms with Gasteiger partial charge in [0.15, 0.2) is 0 Å². The van der Waals surface area contributed by atoms with Crippen molar-refractivity contribution >= 4 is 22.7 Å². The Hall–Kier alpha value is -5.08. The quantitative estimate of drug-likeness (QED) is 0.188. The Morgan fingerprint density at radius 1 is 0.558 bits per heavy atom. The maximum Gasteiger partial charge on any atom is 0.0468 e. The van der Waals surface area contributed by atoms with Crippen molar-refractivity contribution in [2.45, 2.75) is 33.1 Å². The van der Waals surface area contributed by atoms with Crippen LogP contribution in [0.3, 0.4) is 0 Å². The number of nitrogens with zero attached hydrogens (tertiary/aromatic N) is 1. The van der Waals surface area contributed by atoms with Crippen molar-refractivity contribution in [2.24, 2.45) is 0 Å². The van der Waals surface area contributed by atoms with Crippen molar-refractivity contribution in [3.05, 3.63) is 168 Å². The van der Waals surface area contributed by atoms with Crippen LogP contribution < -0.4 is 10.6 Å². The van der Waals surface area contributed by atoms with Crippen molar-refractivity contribution in [3.8, 4) is 22.3 Å². The summed E-state index contributed by atoms with van der Waals surface area (Å²) < 4.78 is 0. The molecule has 212 valence electrons. The summed E-state index contributed by atoms with van der Waals surface area (Å²) in [5.41, 5.74) is 20.6. The Kier molecular flexibility index (Phi) is 8.11. The minimum absolute atomic E-state index is 0.410. The van der Waals surface area contributed by atoms with E-state index in [0.717, 1.165) is 34.7 Å². The van der Waals surface area contributed by atoms with E-state index in [1.54, 1.807) is 0 Å². The van der Waals surface area contributed by atoms with Crippen LogP contribution in [0.4, 0.5) is 22.7 Å². The average Bonchev–Trinajstić information content (AvgIpc) is 3.04. The zero-order valence-corrected chi connectivity index (χ0v) is 25.2. The van der Waals surface area contributed by atoms with Crippen LogP contribution >= 0.6 is 0 Å². The number of nitrogen functional groups attached to an aromatic ring is 1. The predicted molar refractivity (Wildman–Crippen MR) is 184 cm³/mol. The number of hydrogen-bond acceptors (Lipinski definition) is 2. The van der Waals surface area contributed by atoms with Crippen LogP contribution in [0.5, 0.6) is 0 Å². The lowest BCUT2D eigenvalue weighted by Gasteiger charge is -2.27. The van der Waals surface area contributed by atoms with E-state index < -0.39 is 0 Å². The summed E-state index contributed by atoms with van der Waals surface area (Å²) in [6.45, 7) is 6.58.